The molecule has 1 amide bonds. The number of piperidine rings is 1. The Morgan fingerprint density at radius 1 is 1.53 bits per heavy atom. The molecule has 1 aliphatic rings. The minimum atomic E-state index is -1.28. The van der Waals surface area contributed by atoms with Crippen LogP contribution >= 0.6 is 0 Å². The molecule has 4 heteroatoms. The maximum absolute atomic E-state index is 11.8. The highest BCUT2D eigenvalue weighted by Crippen LogP contribution is 2.21. The van der Waals surface area contributed by atoms with E-state index < -0.39 is 5.60 Å². The summed E-state index contributed by atoms with van der Waals surface area (Å²) in [5.74, 6) is 0.181. The molecular formula is C11H21NO3. The molecule has 4 nitrogen and oxygen atoms in total. The molecule has 0 radical (unpaired) electrons. The smallest absolute Gasteiger partial charge is 0.253 e. The van der Waals surface area contributed by atoms with Gasteiger partial charge in [-0.1, -0.05) is 0 Å². The Balaban J connectivity index is 2.52. The van der Waals surface area contributed by atoms with E-state index in [9.17, 15) is 9.90 Å². The standard InChI is InChI=1S/C11H21NO3/c1-11(2,15)10(14)12-6-3-4-9(8-12)5-7-13/h9,13,15H,3-8H2,1-2H3. The fourth-order valence-corrected chi connectivity index (χ4v) is 2.05. The van der Waals surface area contributed by atoms with Crippen LogP contribution in [0.15, 0.2) is 0 Å². The number of carbonyl (C=O) groups excluding carboxylic acids is 1. The number of hydrogen-bond donors (Lipinski definition) is 2. The molecule has 1 heterocycles. The Labute approximate surface area is 90.9 Å². The average Bonchev–Trinajstić information content (AvgIpc) is 2.16. The molecule has 0 aliphatic carbocycles. The molecule has 0 spiro atoms. The Morgan fingerprint density at radius 3 is 2.73 bits per heavy atom. The lowest BCUT2D eigenvalue weighted by atomic mass is 9.94. The van der Waals surface area contributed by atoms with Gasteiger partial charge < -0.3 is 15.1 Å². The van der Waals surface area contributed by atoms with Gasteiger partial charge in [0.2, 0.25) is 0 Å². The maximum atomic E-state index is 11.8. The maximum Gasteiger partial charge on any atom is 0.253 e. The fraction of sp³-hybridized carbons (Fsp3) is 0.909. The first-order chi connectivity index (χ1) is 6.95. The van der Waals surface area contributed by atoms with Crippen LogP contribution < -0.4 is 0 Å². The van der Waals surface area contributed by atoms with Crippen molar-refractivity contribution in [2.45, 2.75) is 38.7 Å². The van der Waals surface area contributed by atoms with Gasteiger partial charge >= 0.3 is 0 Å². The van der Waals surface area contributed by atoms with Crippen LogP contribution in [0, 0.1) is 5.92 Å². The Kier molecular flexibility index (Phi) is 4.11. The normalized spacial score (nSPS) is 22.9. The zero-order chi connectivity index (χ0) is 11.5. The number of rotatable bonds is 3. The molecule has 1 aliphatic heterocycles. The zero-order valence-corrected chi connectivity index (χ0v) is 9.57. The molecule has 1 atom stereocenters. The summed E-state index contributed by atoms with van der Waals surface area (Å²) in [5.41, 5.74) is -1.28. The van der Waals surface area contributed by atoms with E-state index in [0.717, 1.165) is 25.8 Å². The minimum Gasteiger partial charge on any atom is -0.396 e. The first kappa shape index (κ1) is 12.5. The molecule has 1 saturated heterocycles. The third kappa shape index (κ3) is 3.47. The highest BCUT2D eigenvalue weighted by Gasteiger charge is 2.32. The van der Waals surface area contributed by atoms with Crippen LogP contribution in [0.25, 0.3) is 0 Å². The largest absolute Gasteiger partial charge is 0.396 e. The van der Waals surface area contributed by atoms with Crippen LogP contribution in [-0.2, 0) is 4.79 Å². The van der Waals surface area contributed by atoms with Crippen LogP contribution in [0.1, 0.15) is 33.1 Å². The van der Waals surface area contributed by atoms with Crippen molar-refractivity contribution in [2.24, 2.45) is 5.92 Å². The van der Waals surface area contributed by atoms with Gasteiger partial charge in [-0.05, 0) is 39.0 Å². The molecular weight excluding hydrogens is 194 g/mol. The van der Waals surface area contributed by atoms with Crippen molar-refractivity contribution in [3.05, 3.63) is 0 Å². The van der Waals surface area contributed by atoms with Gasteiger partial charge in [-0.3, -0.25) is 4.79 Å². The number of amides is 1. The lowest BCUT2D eigenvalue weighted by Crippen LogP contribution is -2.49. The van der Waals surface area contributed by atoms with E-state index in [4.69, 9.17) is 5.11 Å². The molecule has 2 N–H and O–H groups in total. The fourth-order valence-electron chi connectivity index (χ4n) is 2.05. The van der Waals surface area contributed by atoms with Crippen molar-refractivity contribution < 1.29 is 15.0 Å². The van der Waals surface area contributed by atoms with Gasteiger partial charge in [0.25, 0.3) is 5.91 Å². The summed E-state index contributed by atoms with van der Waals surface area (Å²) < 4.78 is 0. The Morgan fingerprint density at radius 2 is 2.20 bits per heavy atom. The van der Waals surface area contributed by atoms with Gasteiger partial charge in [0.05, 0.1) is 0 Å². The molecule has 88 valence electrons. The second kappa shape index (κ2) is 4.94. The number of carbonyl (C=O) groups is 1. The second-order valence-electron chi connectivity index (χ2n) is 4.83. The highest BCUT2D eigenvalue weighted by molar-refractivity contribution is 5.84. The van der Waals surface area contributed by atoms with Gasteiger partial charge in [-0.25, -0.2) is 0 Å². The summed E-state index contributed by atoms with van der Waals surface area (Å²) in [5, 5.41) is 18.5. The topological polar surface area (TPSA) is 60.8 Å². The second-order valence-corrected chi connectivity index (χ2v) is 4.83. The molecule has 0 aromatic carbocycles. The third-order valence-electron chi connectivity index (χ3n) is 2.87. The number of aliphatic hydroxyl groups excluding tert-OH is 1. The first-order valence-corrected chi connectivity index (χ1v) is 5.57. The molecule has 0 bridgehead atoms. The summed E-state index contributed by atoms with van der Waals surface area (Å²) in [4.78, 5) is 13.5. The number of aliphatic hydroxyl groups is 2. The summed E-state index contributed by atoms with van der Waals surface area (Å²) >= 11 is 0. The molecule has 0 aromatic rings. The quantitative estimate of drug-likeness (QED) is 0.715. The van der Waals surface area contributed by atoms with E-state index >= 15 is 0 Å². The van der Waals surface area contributed by atoms with Gasteiger partial charge in [0.15, 0.2) is 0 Å². The first-order valence-electron chi connectivity index (χ1n) is 5.57. The summed E-state index contributed by atoms with van der Waals surface area (Å²) in [7, 11) is 0. The Hall–Kier alpha value is -0.610. The monoisotopic (exact) mass is 215 g/mol. The lowest BCUT2D eigenvalue weighted by molar-refractivity contribution is -0.149. The van der Waals surface area contributed by atoms with Crippen molar-refractivity contribution in [3.8, 4) is 0 Å². The van der Waals surface area contributed by atoms with E-state index in [2.05, 4.69) is 0 Å². The van der Waals surface area contributed by atoms with Crippen LogP contribution in [0.4, 0.5) is 0 Å². The van der Waals surface area contributed by atoms with Gasteiger partial charge in [-0.2, -0.15) is 0 Å². The predicted molar refractivity (Wildman–Crippen MR) is 57.3 cm³/mol. The van der Waals surface area contributed by atoms with Crippen molar-refractivity contribution >= 4 is 5.91 Å². The van der Waals surface area contributed by atoms with Gasteiger partial charge in [0.1, 0.15) is 5.60 Å². The molecule has 0 aromatic heterocycles. The van der Waals surface area contributed by atoms with E-state index in [0.29, 0.717) is 12.5 Å². The molecule has 0 saturated carbocycles. The van der Waals surface area contributed by atoms with E-state index in [1.807, 2.05) is 0 Å². The third-order valence-corrected chi connectivity index (χ3v) is 2.87. The van der Waals surface area contributed by atoms with Crippen molar-refractivity contribution in [1.82, 2.24) is 4.90 Å². The minimum absolute atomic E-state index is 0.176. The highest BCUT2D eigenvalue weighted by atomic mass is 16.3. The summed E-state index contributed by atoms with van der Waals surface area (Å²) in [6.07, 6.45) is 2.78. The van der Waals surface area contributed by atoms with E-state index in [1.165, 1.54) is 13.8 Å². The SMILES string of the molecule is CC(C)(O)C(=O)N1CCCC(CCO)C1. The van der Waals surface area contributed by atoms with E-state index in [-0.39, 0.29) is 12.5 Å². The number of nitrogens with zero attached hydrogens (tertiary/aromatic N) is 1. The molecule has 1 rings (SSSR count). The van der Waals surface area contributed by atoms with Crippen molar-refractivity contribution in [1.29, 1.82) is 0 Å². The van der Waals surface area contributed by atoms with E-state index in [1.54, 1.807) is 4.90 Å². The van der Waals surface area contributed by atoms with Crippen LogP contribution in [-0.4, -0.2) is 46.3 Å². The molecule has 1 unspecified atom stereocenters. The van der Waals surface area contributed by atoms with Gasteiger partial charge in [-0.15, -0.1) is 0 Å². The summed E-state index contributed by atoms with van der Waals surface area (Å²) in [6, 6.07) is 0. The predicted octanol–water partition coefficient (Wildman–Crippen LogP) is 0.378. The van der Waals surface area contributed by atoms with Gasteiger partial charge in [0, 0.05) is 19.7 Å². The van der Waals surface area contributed by atoms with Crippen LogP contribution in [0.2, 0.25) is 0 Å². The summed E-state index contributed by atoms with van der Waals surface area (Å²) in [6.45, 7) is 4.61. The van der Waals surface area contributed by atoms with Crippen molar-refractivity contribution in [3.63, 3.8) is 0 Å². The molecule has 1 fully saturated rings. The number of likely N-dealkylation sites (tertiary alicyclic amines) is 1. The molecule has 15 heavy (non-hydrogen) atoms. The zero-order valence-electron chi connectivity index (χ0n) is 9.57. The van der Waals surface area contributed by atoms with Crippen molar-refractivity contribution in [2.75, 3.05) is 19.7 Å². The lowest BCUT2D eigenvalue weighted by Gasteiger charge is -2.35. The Bertz CT molecular complexity index is 220. The van der Waals surface area contributed by atoms with Crippen LogP contribution in [0.5, 0.6) is 0 Å². The number of hydrogen-bond acceptors (Lipinski definition) is 3. The van der Waals surface area contributed by atoms with Crippen LogP contribution in [0.3, 0.4) is 0 Å². The average molecular weight is 215 g/mol.